The first kappa shape index (κ1) is 16.1. The number of carbonyl (C=O) groups is 1. The molecule has 0 aromatic heterocycles. The SMILES string of the molecule is CC1(N)CCCCC1C(=O)N1CCN(c2ccccc2O)CC1. The molecule has 2 unspecified atom stereocenters. The number of hydrogen-bond acceptors (Lipinski definition) is 4. The predicted molar refractivity (Wildman–Crippen MR) is 91.5 cm³/mol. The lowest BCUT2D eigenvalue weighted by Gasteiger charge is -2.43. The van der Waals surface area contributed by atoms with Crippen LogP contribution in [0.25, 0.3) is 0 Å². The predicted octanol–water partition coefficient (Wildman–Crippen LogP) is 1.95. The highest BCUT2D eigenvalue weighted by Crippen LogP contribution is 2.33. The third-order valence-electron chi connectivity index (χ3n) is 5.37. The Morgan fingerprint density at radius 3 is 2.57 bits per heavy atom. The fraction of sp³-hybridized carbons (Fsp3) is 0.611. The van der Waals surface area contributed by atoms with Crippen molar-refractivity contribution in [2.45, 2.75) is 38.1 Å². The number of aromatic hydroxyl groups is 1. The lowest BCUT2D eigenvalue weighted by Crippen LogP contribution is -2.57. The third kappa shape index (κ3) is 3.29. The van der Waals surface area contributed by atoms with E-state index in [1.54, 1.807) is 6.07 Å². The minimum Gasteiger partial charge on any atom is -0.506 e. The fourth-order valence-corrected chi connectivity index (χ4v) is 3.88. The van der Waals surface area contributed by atoms with Gasteiger partial charge in [0.05, 0.1) is 11.6 Å². The Morgan fingerprint density at radius 2 is 1.91 bits per heavy atom. The van der Waals surface area contributed by atoms with E-state index >= 15 is 0 Å². The van der Waals surface area contributed by atoms with Crippen LogP contribution in [0.3, 0.4) is 0 Å². The molecule has 0 spiro atoms. The summed E-state index contributed by atoms with van der Waals surface area (Å²) in [6, 6.07) is 7.37. The molecule has 1 amide bonds. The lowest BCUT2D eigenvalue weighted by molar-refractivity contribution is -0.139. The van der Waals surface area contributed by atoms with E-state index in [0.717, 1.165) is 44.5 Å². The quantitative estimate of drug-likeness (QED) is 0.875. The molecule has 23 heavy (non-hydrogen) atoms. The van der Waals surface area contributed by atoms with Crippen LogP contribution in [0.1, 0.15) is 32.6 Å². The minimum atomic E-state index is -0.371. The number of phenols is 1. The molecule has 1 aromatic carbocycles. The highest BCUT2D eigenvalue weighted by Gasteiger charge is 2.40. The van der Waals surface area contributed by atoms with Crippen molar-refractivity contribution in [3.05, 3.63) is 24.3 Å². The number of phenolic OH excluding ortho intramolecular Hbond substituents is 1. The number of carbonyl (C=O) groups excluding carboxylic acids is 1. The smallest absolute Gasteiger partial charge is 0.227 e. The molecule has 1 aliphatic carbocycles. The van der Waals surface area contributed by atoms with Crippen molar-refractivity contribution in [2.75, 3.05) is 31.1 Å². The number of hydrogen-bond donors (Lipinski definition) is 2. The molecule has 126 valence electrons. The molecule has 5 heteroatoms. The van der Waals surface area contributed by atoms with E-state index in [4.69, 9.17) is 5.73 Å². The Morgan fingerprint density at radius 1 is 1.22 bits per heavy atom. The Labute approximate surface area is 138 Å². The van der Waals surface area contributed by atoms with Gasteiger partial charge in [-0.3, -0.25) is 4.79 Å². The van der Waals surface area contributed by atoms with E-state index in [1.807, 2.05) is 30.0 Å². The number of rotatable bonds is 2. The van der Waals surface area contributed by atoms with Crippen LogP contribution in [-0.4, -0.2) is 47.6 Å². The van der Waals surface area contributed by atoms with Gasteiger partial charge in [-0.2, -0.15) is 0 Å². The average Bonchev–Trinajstić information content (AvgIpc) is 2.54. The summed E-state index contributed by atoms with van der Waals surface area (Å²) in [5.41, 5.74) is 6.85. The highest BCUT2D eigenvalue weighted by molar-refractivity contribution is 5.80. The van der Waals surface area contributed by atoms with Gasteiger partial charge >= 0.3 is 0 Å². The van der Waals surface area contributed by atoms with Gasteiger partial charge in [0, 0.05) is 31.7 Å². The molecule has 0 bridgehead atoms. The van der Waals surface area contributed by atoms with Crippen molar-refractivity contribution in [3.63, 3.8) is 0 Å². The fourth-order valence-electron chi connectivity index (χ4n) is 3.88. The first-order valence-electron chi connectivity index (χ1n) is 8.60. The van der Waals surface area contributed by atoms with E-state index in [0.29, 0.717) is 18.8 Å². The second kappa shape index (κ2) is 6.40. The first-order chi connectivity index (χ1) is 11.0. The van der Waals surface area contributed by atoms with Gasteiger partial charge in [0.15, 0.2) is 0 Å². The Hall–Kier alpha value is -1.75. The number of para-hydroxylation sites is 2. The van der Waals surface area contributed by atoms with Crippen LogP contribution in [-0.2, 0) is 4.79 Å². The molecule has 3 N–H and O–H groups in total. The zero-order valence-electron chi connectivity index (χ0n) is 13.9. The number of benzene rings is 1. The van der Waals surface area contributed by atoms with E-state index in [2.05, 4.69) is 4.90 Å². The molecule has 0 radical (unpaired) electrons. The zero-order valence-corrected chi connectivity index (χ0v) is 13.9. The summed E-state index contributed by atoms with van der Waals surface area (Å²) in [5, 5.41) is 9.97. The van der Waals surface area contributed by atoms with Gasteiger partial charge in [-0.05, 0) is 31.9 Å². The highest BCUT2D eigenvalue weighted by atomic mass is 16.3. The molecular weight excluding hydrogens is 290 g/mol. The van der Waals surface area contributed by atoms with Crippen LogP contribution >= 0.6 is 0 Å². The summed E-state index contributed by atoms with van der Waals surface area (Å²) < 4.78 is 0. The molecule has 1 saturated heterocycles. The molecule has 1 heterocycles. The maximum absolute atomic E-state index is 12.9. The topological polar surface area (TPSA) is 69.8 Å². The van der Waals surface area contributed by atoms with Crippen LogP contribution in [0.2, 0.25) is 0 Å². The Bertz CT molecular complexity index is 565. The zero-order chi connectivity index (χ0) is 16.4. The second-order valence-corrected chi connectivity index (χ2v) is 7.11. The number of nitrogens with two attached hydrogens (primary N) is 1. The molecule has 1 aromatic rings. The summed E-state index contributed by atoms with van der Waals surface area (Å²) >= 11 is 0. The molecule has 2 aliphatic rings. The summed E-state index contributed by atoms with van der Waals surface area (Å²) in [6.45, 7) is 4.90. The van der Waals surface area contributed by atoms with Gasteiger partial charge in [-0.15, -0.1) is 0 Å². The number of anilines is 1. The van der Waals surface area contributed by atoms with Crippen LogP contribution in [0.15, 0.2) is 24.3 Å². The summed E-state index contributed by atoms with van der Waals surface area (Å²) in [4.78, 5) is 17.0. The van der Waals surface area contributed by atoms with Crippen LogP contribution < -0.4 is 10.6 Å². The molecule has 1 saturated carbocycles. The van der Waals surface area contributed by atoms with Crippen molar-refractivity contribution in [1.29, 1.82) is 0 Å². The number of amides is 1. The third-order valence-corrected chi connectivity index (χ3v) is 5.37. The van der Waals surface area contributed by atoms with Crippen molar-refractivity contribution in [2.24, 2.45) is 11.7 Å². The Balaban J connectivity index is 1.62. The van der Waals surface area contributed by atoms with Crippen LogP contribution in [0, 0.1) is 5.92 Å². The minimum absolute atomic E-state index is 0.0482. The maximum atomic E-state index is 12.9. The van der Waals surface area contributed by atoms with Gasteiger partial charge in [0.1, 0.15) is 5.75 Å². The van der Waals surface area contributed by atoms with E-state index in [-0.39, 0.29) is 17.4 Å². The van der Waals surface area contributed by atoms with E-state index in [1.165, 1.54) is 0 Å². The number of piperazine rings is 1. The first-order valence-corrected chi connectivity index (χ1v) is 8.60. The van der Waals surface area contributed by atoms with E-state index in [9.17, 15) is 9.90 Å². The van der Waals surface area contributed by atoms with Crippen LogP contribution in [0.5, 0.6) is 5.75 Å². The standard InChI is InChI=1S/C18H27N3O2/c1-18(19)9-5-4-6-14(18)17(23)21-12-10-20(11-13-21)15-7-2-3-8-16(15)22/h2-3,7-8,14,22H,4-6,9-13,19H2,1H3. The van der Waals surface area contributed by atoms with Crippen molar-refractivity contribution < 1.29 is 9.90 Å². The largest absolute Gasteiger partial charge is 0.506 e. The molecule has 2 fully saturated rings. The number of nitrogens with zero attached hydrogens (tertiary/aromatic N) is 2. The van der Waals surface area contributed by atoms with Crippen molar-refractivity contribution in [3.8, 4) is 5.75 Å². The van der Waals surface area contributed by atoms with Gasteiger partial charge in [-0.25, -0.2) is 0 Å². The van der Waals surface area contributed by atoms with Crippen LogP contribution in [0.4, 0.5) is 5.69 Å². The van der Waals surface area contributed by atoms with Gasteiger partial charge < -0.3 is 20.6 Å². The van der Waals surface area contributed by atoms with Crippen molar-refractivity contribution in [1.82, 2.24) is 4.90 Å². The Kier molecular flexibility index (Phi) is 4.48. The second-order valence-electron chi connectivity index (χ2n) is 7.11. The molecule has 2 atom stereocenters. The normalized spacial score (nSPS) is 28.7. The summed E-state index contributed by atoms with van der Waals surface area (Å²) in [7, 11) is 0. The summed E-state index contributed by atoms with van der Waals surface area (Å²) in [6.07, 6.45) is 4.06. The monoisotopic (exact) mass is 317 g/mol. The molecule has 5 nitrogen and oxygen atoms in total. The molecule has 3 rings (SSSR count). The average molecular weight is 317 g/mol. The van der Waals surface area contributed by atoms with E-state index < -0.39 is 0 Å². The maximum Gasteiger partial charge on any atom is 0.227 e. The lowest BCUT2D eigenvalue weighted by atomic mass is 9.74. The van der Waals surface area contributed by atoms with Gasteiger partial charge in [-0.1, -0.05) is 25.0 Å². The molecule has 1 aliphatic heterocycles. The van der Waals surface area contributed by atoms with Gasteiger partial charge in [0.25, 0.3) is 0 Å². The summed E-state index contributed by atoms with van der Waals surface area (Å²) in [5.74, 6) is 0.466. The molecular formula is C18H27N3O2. The van der Waals surface area contributed by atoms with Gasteiger partial charge in [0.2, 0.25) is 5.91 Å². The van der Waals surface area contributed by atoms with Crippen molar-refractivity contribution >= 4 is 11.6 Å².